The number of ether oxygens (including phenoxy) is 8. The van der Waals surface area contributed by atoms with Gasteiger partial charge in [0.25, 0.3) is 0 Å². The van der Waals surface area contributed by atoms with Crippen LogP contribution >= 0.6 is 0 Å². The van der Waals surface area contributed by atoms with Gasteiger partial charge in [-0.25, -0.2) is 19.6 Å². The van der Waals surface area contributed by atoms with Crippen molar-refractivity contribution in [1.82, 2.24) is 39.5 Å². The number of aromatic amines is 1. The normalized spacial score (nSPS) is 22.0. The van der Waals surface area contributed by atoms with Crippen molar-refractivity contribution in [3.8, 4) is 11.8 Å². The highest BCUT2D eigenvalue weighted by Crippen LogP contribution is 2.47. The number of benzene rings is 4. The van der Waals surface area contributed by atoms with Gasteiger partial charge in [-0.15, -0.1) is 0 Å². The van der Waals surface area contributed by atoms with Crippen molar-refractivity contribution in [2.45, 2.75) is 116 Å². The maximum Gasteiger partial charge on any atom is 0.414 e. The molecule has 2 unspecified atom stereocenters. The Bertz CT molecular complexity index is 3520. The molecule has 21 heteroatoms. The molecule has 6 heterocycles. The molecule has 0 radical (unpaired) electrons. The molecule has 8 aromatic rings. The molecule has 2 saturated heterocycles. The zero-order valence-electron chi connectivity index (χ0n) is 47.1. The zero-order valence-corrected chi connectivity index (χ0v) is 47.1. The van der Waals surface area contributed by atoms with Gasteiger partial charge in [0.15, 0.2) is 29.4 Å². The molecule has 4 aromatic heterocycles. The molecule has 2 saturated carbocycles. The number of nitrogens with one attached hydrogen (secondary N) is 3. The van der Waals surface area contributed by atoms with E-state index in [1.165, 1.54) is 6.33 Å². The molecule has 4 aromatic carbocycles. The van der Waals surface area contributed by atoms with Gasteiger partial charge in [-0.05, 0) is 70.2 Å². The molecule has 2 aliphatic carbocycles. The summed E-state index contributed by atoms with van der Waals surface area (Å²) in [4.78, 5) is 53.7. The van der Waals surface area contributed by atoms with Crippen LogP contribution in [-0.2, 0) is 41.6 Å². The Balaban J connectivity index is 0.000000155. The summed E-state index contributed by atoms with van der Waals surface area (Å²) in [5.74, 6) is 0.862. The average molecular weight is 1130 g/mol. The van der Waals surface area contributed by atoms with Crippen LogP contribution in [0.3, 0.4) is 0 Å². The van der Waals surface area contributed by atoms with Crippen molar-refractivity contribution in [2.75, 3.05) is 23.8 Å². The molecule has 83 heavy (non-hydrogen) atoms. The fourth-order valence-corrected chi connectivity index (χ4v) is 9.90. The molecule has 2 amide bonds. The Morgan fingerprint density at radius 2 is 1.12 bits per heavy atom. The summed E-state index contributed by atoms with van der Waals surface area (Å²) < 4.78 is 48.5. The number of aliphatic hydroxyl groups is 1. The second kappa shape index (κ2) is 25.3. The van der Waals surface area contributed by atoms with Crippen LogP contribution in [0.1, 0.15) is 95.3 Å². The molecule has 12 rings (SSSR count). The number of hydrogen-bond donors (Lipinski definition) is 4. The number of hydrogen-bond acceptors (Lipinski definition) is 17. The maximum atomic E-state index is 12.6. The van der Waals surface area contributed by atoms with Crippen LogP contribution in [0, 0.1) is 11.8 Å². The number of H-pyrrole nitrogens is 1. The Kier molecular flexibility index (Phi) is 17.5. The smallest absolute Gasteiger partial charge is 0.414 e. The number of carbonyl (C=O) groups is 2. The van der Waals surface area contributed by atoms with Gasteiger partial charge in [0.2, 0.25) is 23.7 Å². The first-order chi connectivity index (χ1) is 39.9. The van der Waals surface area contributed by atoms with Gasteiger partial charge in [0.05, 0.1) is 50.2 Å². The lowest BCUT2D eigenvalue weighted by Gasteiger charge is -2.33. The van der Waals surface area contributed by atoms with E-state index in [0.717, 1.165) is 33.4 Å². The van der Waals surface area contributed by atoms with E-state index in [4.69, 9.17) is 37.9 Å². The van der Waals surface area contributed by atoms with Crippen LogP contribution in [-0.4, -0.2) is 99.5 Å². The van der Waals surface area contributed by atoms with Gasteiger partial charge >= 0.3 is 12.2 Å². The van der Waals surface area contributed by atoms with Crippen LogP contribution in [0.4, 0.5) is 21.5 Å². The number of amides is 2. The minimum absolute atomic E-state index is 0.0346. The number of aromatic nitrogens is 8. The van der Waals surface area contributed by atoms with Crippen molar-refractivity contribution < 1.29 is 52.6 Å². The third kappa shape index (κ3) is 14.5. The summed E-state index contributed by atoms with van der Waals surface area (Å²) in [5, 5.41) is 14.9. The SMILES string of the molecule is C=C1[C@@H]2COC(c3ccccc3)O[C@H]2C[C@@H]1n1cnc2c(OCc3ccccc3)nc(NC(=O)OC(C)(C)C)nc21.C=C1[C@H](O)C[C@@H]2OC(c3ccccc3)OC[C@@H]12.CC(C)(C)OC(=O)Nc1nc(OCc2ccccc2)c2[nH]cnc2n1. The van der Waals surface area contributed by atoms with Crippen molar-refractivity contribution in [1.29, 1.82) is 0 Å². The lowest BCUT2D eigenvalue weighted by Crippen LogP contribution is -2.32. The van der Waals surface area contributed by atoms with Crippen LogP contribution in [0.2, 0.25) is 0 Å². The van der Waals surface area contributed by atoms with E-state index < -0.39 is 35.8 Å². The van der Waals surface area contributed by atoms with Gasteiger partial charge in [-0.3, -0.25) is 10.6 Å². The Hall–Kier alpha value is -8.60. The Morgan fingerprint density at radius 3 is 1.66 bits per heavy atom. The van der Waals surface area contributed by atoms with Crippen LogP contribution in [0.5, 0.6) is 11.8 Å². The topological polar surface area (TPSA) is 250 Å². The summed E-state index contributed by atoms with van der Waals surface area (Å²) in [5.41, 5.74) is 6.46. The maximum absolute atomic E-state index is 12.6. The fraction of sp³-hybridized carbons (Fsp3) is 0.355. The number of carbonyl (C=O) groups excluding carboxylic acids is 2. The van der Waals surface area contributed by atoms with Crippen molar-refractivity contribution in [3.05, 3.63) is 181 Å². The van der Waals surface area contributed by atoms with E-state index in [0.29, 0.717) is 60.9 Å². The van der Waals surface area contributed by atoms with Gasteiger partial charge in [0.1, 0.15) is 29.9 Å². The molecule has 8 atom stereocenters. The van der Waals surface area contributed by atoms with Crippen molar-refractivity contribution >= 4 is 46.4 Å². The molecule has 0 bridgehead atoms. The first-order valence-corrected chi connectivity index (χ1v) is 27.4. The third-order valence-electron chi connectivity index (χ3n) is 13.9. The molecule has 0 spiro atoms. The standard InChI is InChI=1S/C31H33N5O5.C17H19N5O3.C14H16O3/c1-19-22-17-39-28(21-13-9-6-10-14-21)40-24(22)15-23(19)36-18-32-25-26(36)33-29(35-30(37)41-31(2,3)4)34-27(25)38-16-20-11-7-5-8-12-20;1-17(2,3)25-16(23)22-15-20-13-12(18-10-19-13)14(21-15)24-9-11-7-5-4-6-8-11;1-9-11-8-16-14(10-5-3-2-4-6-10)17-13(11)7-12(9)15/h5-14,18,22-24,28H,1,15-17H2,2-4H3,(H,33,34,35,37);4-8,10H,9H2,1-3H3,(H2,18,19,20,21,22,23);2-6,11-15H,1,7-8H2/t22-,23-,24-,28?;;11-,12+,13-,14?/m0.0/s1. The lowest BCUT2D eigenvalue weighted by atomic mass is 10.0. The third-order valence-corrected chi connectivity index (χ3v) is 13.9. The van der Waals surface area contributed by atoms with E-state index in [2.05, 4.69) is 58.7 Å². The second-order valence-corrected chi connectivity index (χ2v) is 22.3. The van der Waals surface area contributed by atoms with Crippen molar-refractivity contribution in [3.63, 3.8) is 0 Å². The average Bonchev–Trinajstić information content (AvgIpc) is 2.40. The fourth-order valence-electron chi connectivity index (χ4n) is 9.90. The molecular formula is C62H68N10O11. The first-order valence-electron chi connectivity index (χ1n) is 27.4. The van der Waals surface area contributed by atoms with Crippen LogP contribution in [0.25, 0.3) is 22.3 Å². The minimum atomic E-state index is -0.680. The largest absolute Gasteiger partial charge is 0.471 e. The van der Waals surface area contributed by atoms with E-state index in [1.807, 2.05) is 126 Å². The first kappa shape index (κ1) is 57.6. The molecule has 21 nitrogen and oxygen atoms in total. The second-order valence-electron chi connectivity index (χ2n) is 22.3. The van der Waals surface area contributed by atoms with Crippen LogP contribution < -0.4 is 20.1 Å². The van der Waals surface area contributed by atoms with E-state index >= 15 is 0 Å². The highest BCUT2D eigenvalue weighted by Gasteiger charge is 2.45. The van der Waals surface area contributed by atoms with Gasteiger partial charge < -0.3 is 52.6 Å². The molecule has 4 N–H and O–H groups in total. The minimum Gasteiger partial charge on any atom is -0.471 e. The number of nitrogens with zero attached hydrogens (tertiary/aromatic N) is 7. The zero-order chi connectivity index (χ0) is 58.3. The predicted molar refractivity (Wildman–Crippen MR) is 308 cm³/mol. The lowest BCUT2D eigenvalue weighted by molar-refractivity contribution is -0.230. The van der Waals surface area contributed by atoms with E-state index in [-0.39, 0.29) is 60.8 Å². The quantitative estimate of drug-likeness (QED) is 0.0879. The summed E-state index contributed by atoms with van der Waals surface area (Å²) in [6, 6.07) is 39.1. The van der Waals surface area contributed by atoms with Gasteiger partial charge in [0, 0.05) is 29.4 Å². The number of anilines is 2. The molecule has 4 aliphatic rings. The highest BCUT2D eigenvalue weighted by molar-refractivity contribution is 5.86. The number of rotatable bonds is 11. The van der Waals surface area contributed by atoms with Gasteiger partial charge in [-0.1, -0.05) is 134 Å². The summed E-state index contributed by atoms with van der Waals surface area (Å²) in [6.45, 7) is 20.7. The monoisotopic (exact) mass is 1130 g/mol. The molecular weight excluding hydrogens is 1060 g/mol. The Labute approximate surface area is 480 Å². The number of fused-ring (bicyclic) bond motifs is 4. The van der Waals surface area contributed by atoms with E-state index in [1.54, 1.807) is 47.9 Å². The number of aliphatic hydroxyl groups excluding tert-OH is 1. The summed E-state index contributed by atoms with van der Waals surface area (Å²) in [6.07, 6.45) is 2.02. The summed E-state index contributed by atoms with van der Waals surface area (Å²) in [7, 11) is 0. The van der Waals surface area contributed by atoms with Gasteiger partial charge in [-0.2, -0.15) is 19.9 Å². The molecule has 4 fully saturated rings. The predicted octanol–water partition coefficient (Wildman–Crippen LogP) is 11.3. The van der Waals surface area contributed by atoms with E-state index in [9.17, 15) is 14.7 Å². The Morgan fingerprint density at radius 1 is 0.639 bits per heavy atom. The summed E-state index contributed by atoms with van der Waals surface area (Å²) >= 11 is 0. The number of imidazole rings is 2. The molecule has 2 aliphatic heterocycles. The molecule has 432 valence electrons. The van der Waals surface area contributed by atoms with Crippen LogP contribution in [0.15, 0.2) is 158 Å². The van der Waals surface area contributed by atoms with Crippen molar-refractivity contribution in [2.24, 2.45) is 11.8 Å². The highest BCUT2D eigenvalue weighted by atomic mass is 16.7.